The lowest BCUT2D eigenvalue weighted by Gasteiger charge is -2.36. The molecule has 1 amide bonds. The maximum atomic E-state index is 14.4. The van der Waals surface area contributed by atoms with Crippen molar-refractivity contribution in [2.75, 3.05) is 45.2 Å². The standard InChI is InChI=1S/C36H49N3O7S/c1-26-22-39(27(2)25-40)36(41)33-21-30(37-47(42,43)32-12-7-6-8-13-32)16-19-34(33)46-28(3)11-9-10-20-45-35(26)24-38(4)23-29-14-17-31(44-5)18-15-29/h6-8,12-19,21,26-28,35,37,40H,9-11,20,22-25H2,1-5H3/t26-,27+,28+,35-/m1/s1. The molecule has 0 aliphatic carbocycles. The highest BCUT2D eigenvalue weighted by atomic mass is 32.2. The first kappa shape index (κ1) is 36.2. The number of ether oxygens (including phenoxy) is 3. The monoisotopic (exact) mass is 667 g/mol. The molecule has 0 aromatic heterocycles. The molecule has 0 spiro atoms. The largest absolute Gasteiger partial charge is 0.497 e. The van der Waals surface area contributed by atoms with E-state index in [2.05, 4.69) is 23.6 Å². The van der Waals surface area contributed by atoms with Crippen LogP contribution in [0.15, 0.2) is 77.7 Å². The summed E-state index contributed by atoms with van der Waals surface area (Å²) in [6.07, 6.45) is 2.14. The van der Waals surface area contributed by atoms with Crippen molar-refractivity contribution in [1.82, 2.24) is 9.80 Å². The summed E-state index contributed by atoms with van der Waals surface area (Å²) in [5.41, 5.74) is 1.62. The number of nitrogens with one attached hydrogen (secondary N) is 1. The van der Waals surface area contributed by atoms with Crippen LogP contribution in [0.3, 0.4) is 0 Å². The topological polar surface area (TPSA) is 118 Å². The molecule has 10 nitrogen and oxygen atoms in total. The molecule has 0 unspecified atom stereocenters. The van der Waals surface area contributed by atoms with Gasteiger partial charge in [-0.15, -0.1) is 0 Å². The van der Waals surface area contributed by atoms with Crippen LogP contribution in [-0.2, 0) is 21.3 Å². The molecular formula is C36H49N3O7S. The molecule has 256 valence electrons. The van der Waals surface area contributed by atoms with Crippen LogP contribution >= 0.6 is 0 Å². The Morgan fingerprint density at radius 1 is 1.06 bits per heavy atom. The number of aliphatic hydroxyl groups excluding tert-OH is 1. The third-order valence-corrected chi connectivity index (χ3v) is 9.86. The number of methoxy groups -OCH3 is 1. The highest BCUT2D eigenvalue weighted by Crippen LogP contribution is 2.29. The summed E-state index contributed by atoms with van der Waals surface area (Å²) in [7, 11) is -0.185. The average molecular weight is 668 g/mol. The van der Waals surface area contributed by atoms with Crippen LogP contribution in [-0.4, -0.2) is 87.9 Å². The number of anilines is 1. The van der Waals surface area contributed by atoms with E-state index in [0.29, 0.717) is 25.4 Å². The van der Waals surface area contributed by atoms with Crippen LogP contribution in [0.1, 0.15) is 56.0 Å². The minimum absolute atomic E-state index is 0.0859. The number of carbonyl (C=O) groups excluding carboxylic acids is 1. The van der Waals surface area contributed by atoms with E-state index in [9.17, 15) is 18.3 Å². The Balaban J connectivity index is 1.62. The van der Waals surface area contributed by atoms with E-state index in [1.807, 2.05) is 31.2 Å². The molecule has 0 radical (unpaired) electrons. The summed E-state index contributed by atoms with van der Waals surface area (Å²) < 4.78 is 46.9. The van der Waals surface area contributed by atoms with E-state index in [1.165, 1.54) is 18.2 Å². The van der Waals surface area contributed by atoms with Crippen molar-refractivity contribution in [2.45, 2.75) is 69.7 Å². The molecule has 1 aliphatic rings. The summed E-state index contributed by atoms with van der Waals surface area (Å²) in [4.78, 5) is 18.3. The molecular weight excluding hydrogens is 618 g/mol. The van der Waals surface area contributed by atoms with Gasteiger partial charge in [-0.3, -0.25) is 14.4 Å². The van der Waals surface area contributed by atoms with Crippen LogP contribution in [0.2, 0.25) is 0 Å². The number of hydrogen-bond acceptors (Lipinski definition) is 8. The lowest BCUT2D eigenvalue weighted by molar-refractivity contribution is -0.0177. The number of nitrogens with zero attached hydrogens (tertiary/aromatic N) is 2. The summed E-state index contributed by atoms with van der Waals surface area (Å²) >= 11 is 0. The lowest BCUT2D eigenvalue weighted by atomic mass is 10.0. The van der Waals surface area contributed by atoms with Crippen LogP contribution in [0.25, 0.3) is 0 Å². The minimum Gasteiger partial charge on any atom is -0.497 e. The molecule has 4 rings (SSSR count). The number of likely N-dealkylation sites (N-methyl/N-ethyl adjacent to an activating group) is 1. The van der Waals surface area contributed by atoms with Crippen molar-refractivity contribution in [2.24, 2.45) is 5.92 Å². The van der Waals surface area contributed by atoms with E-state index in [4.69, 9.17) is 14.2 Å². The molecule has 0 saturated carbocycles. The van der Waals surface area contributed by atoms with Crippen molar-refractivity contribution < 1.29 is 32.5 Å². The molecule has 47 heavy (non-hydrogen) atoms. The fourth-order valence-corrected chi connectivity index (χ4v) is 6.75. The Bertz CT molecular complexity index is 1540. The quantitative estimate of drug-likeness (QED) is 0.294. The van der Waals surface area contributed by atoms with Crippen molar-refractivity contribution >= 4 is 21.6 Å². The predicted molar refractivity (Wildman–Crippen MR) is 183 cm³/mol. The normalized spacial score (nSPS) is 20.5. The van der Waals surface area contributed by atoms with Gasteiger partial charge in [0.1, 0.15) is 11.5 Å². The maximum absolute atomic E-state index is 14.4. The van der Waals surface area contributed by atoms with Crippen molar-refractivity contribution in [3.8, 4) is 11.5 Å². The van der Waals surface area contributed by atoms with Crippen molar-refractivity contribution in [3.05, 3.63) is 83.9 Å². The third kappa shape index (κ3) is 10.2. The zero-order chi connectivity index (χ0) is 34.0. The Kier molecular flexibility index (Phi) is 13.1. The second-order valence-electron chi connectivity index (χ2n) is 12.5. The van der Waals surface area contributed by atoms with Crippen LogP contribution in [0.4, 0.5) is 5.69 Å². The maximum Gasteiger partial charge on any atom is 0.261 e. The molecule has 0 fully saturated rings. The van der Waals surface area contributed by atoms with Crippen molar-refractivity contribution in [1.29, 1.82) is 0 Å². The fourth-order valence-electron chi connectivity index (χ4n) is 5.68. The van der Waals surface area contributed by atoms with Crippen LogP contribution in [0, 0.1) is 5.92 Å². The van der Waals surface area contributed by atoms with Crippen LogP contribution < -0.4 is 14.2 Å². The highest BCUT2D eigenvalue weighted by Gasteiger charge is 2.30. The number of rotatable bonds is 10. The second-order valence-corrected chi connectivity index (χ2v) is 14.2. The Hall–Kier alpha value is -3.64. The summed E-state index contributed by atoms with van der Waals surface area (Å²) in [5.74, 6) is 0.738. The van der Waals surface area contributed by atoms with Gasteiger partial charge in [-0.25, -0.2) is 8.42 Å². The molecule has 4 atom stereocenters. The van der Waals surface area contributed by atoms with E-state index in [1.54, 1.807) is 49.3 Å². The first-order valence-corrected chi connectivity index (χ1v) is 17.7. The highest BCUT2D eigenvalue weighted by molar-refractivity contribution is 7.92. The second kappa shape index (κ2) is 17.0. The zero-order valence-electron chi connectivity index (χ0n) is 28.1. The Morgan fingerprint density at radius 2 is 1.79 bits per heavy atom. The van der Waals surface area contributed by atoms with Gasteiger partial charge in [-0.1, -0.05) is 37.3 Å². The van der Waals surface area contributed by atoms with Gasteiger partial charge in [0, 0.05) is 37.8 Å². The lowest BCUT2D eigenvalue weighted by Crippen LogP contribution is -2.47. The molecule has 3 aromatic rings. The number of hydrogen-bond donors (Lipinski definition) is 2. The number of benzene rings is 3. The molecule has 1 heterocycles. The molecule has 1 aliphatic heterocycles. The van der Waals surface area contributed by atoms with Gasteiger partial charge in [-0.05, 0) is 88.2 Å². The molecule has 3 aromatic carbocycles. The molecule has 2 N–H and O–H groups in total. The van der Waals surface area contributed by atoms with Gasteiger partial charge in [-0.2, -0.15) is 0 Å². The van der Waals surface area contributed by atoms with Gasteiger partial charge in [0.05, 0.1) is 42.4 Å². The number of aliphatic hydroxyl groups is 1. The zero-order valence-corrected chi connectivity index (χ0v) is 28.9. The van der Waals surface area contributed by atoms with Gasteiger partial charge in [0.15, 0.2) is 0 Å². The van der Waals surface area contributed by atoms with Crippen molar-refractivity contribution in [3.63, 3.8) is 0 Å². The van der Waals surface area contributed by atoms with Gasteiger partial charge in [0.2, 0.25) is 0 Å². The number of amides is 1. The first-order valence-electron chi connectivity index (χ1n) is 16.2. The summed E-state index contributed by atoms with van der Waals surface area (Å²) in [5, 5.41) is 10.2. The number of sulfonamides is 1. The Morgan fingerprint density at radius 3 is 2.47 bits per heavy atom. The van der Waals surface area contributed by atoms with E-state index >= 15 is 0 Å². The van der Waals surface area contributed by atoms with Crippen LogP contribution in [0.5, 0.6) is 11.5 Å². The molecule has 11 heteroatoms. The minimum atomic E-state index is -3.89. The van der Waals surface area contributed by atoms with Gasteiger partial charge >= 0.3 is 0 Å². The predicted octanol–water partition coefficient (Wildman–Crippen LogP) is 5.42. The molecule has 0 bridgehead atoms. The number of fused-ring (bicyclic) bond motifs is 1. The summed E-state index contributed by atoms with van der Waals surface area (Å²) in [6.45, 7) is 7.84. The third-order valence-electron chi connectivity index (χ3n) is 8.46. The summed E-state index contributed by atoms with van der Waals surface area (Å²) in [6, 6.07) is 20.3. The van der Waals surface area contributed by atoms with E-state index < -0.39 is 16.1 Å². The van der Waals surface area contributed by atoms with Gasteiger partial charge in [0.25, 0.3) is 15.9 Å². The van der Waals surface area contributed by atoms with E-state index in [-0.39, 0.29) is 46.8 Å². The SMILES string of the molecule is COc1ccc(CN(C)C[C@H]2OCCCC[C@H](C)Oc3ccc(NS(=O)(=O)c4ccccc4)cc3C(=O)N([C@@H](C)CO)C[C@H]2C)cc1. The van der Waals surface area contributed by atoms with Gasteiger partial charge < -0.3 is 24.2 Å². The smallest absolute Gasteiger partial charge is 0.261 e. The fraction of sp³-hybridized carbons (Fsp3) is 0.472. The molecule has 0 saturated heterocycles. The Labute approximate surface area is 279 Å². The van der Waals surface area contributed by atoms with E-state index in [0.717, 1.165) is 37.1 Å². The average Bonchev–Trinajstić information content (AvgIpc) is 3.06. The first-order chi connectivity index (χ1) is 22.5. The number of carbonyl (C=O) groups is 1.